The summed E-state index contributed by atoms with van der Waals surface area (Å²) in [4.78, 5) is 30.9. The molecule has 2 aromatic carbocycles. The second-order valence-electron chi connectivity index (χ2n) is 7.67. The van der Waals surface area contributed by atoms with E-state index in [0.717, 1.165) is 6.42 Å². The summed E-state index contributed by atoms with van der Waals surface area (Å²) in [6, 6.07) is 17.6. The normalized spacial score (nSPS) is 15.5. The van der Waals surface area contributed by atoms with Crippen LogP contribution in [0.2, 0.25) is 0 Å². The van der Waals surface area contributed by atoms with Crippen molar-refractivity contribution in [2.75, 3.05) is 31.0 Å². The molecule has 1 N–H and O–H groups in total. The van der Waals surface area contributed by atoms with Gasteiger partial charge in [-0.2, -0.15) is 0 Å². The van der Waals surface area contributed by atoms with Crippen molar-refractivity contribution in [3.05, 3.63) is 70.9 Å². The third kappa shape index (κ3) is 5.21. The number of carbonyl (C=O) groups excluding carboxylic acids is 2. The van der Waals surface area contributed by atoms with E-state index >= 15 is 0 Å². The fourth-order valence-corrected chi connectivity index (χ4v) is 4.92. The zero-order valence-corrected chi connectivity index (χ0v) is 20.5. The van der Waals surface area contributed by atoms with Crippen LogP contribution in [0.25, 0.3) is 0 Å². The minimum absolute atomic E-state index is 0.0118. The van der Waals surface area contributed by atoms with Crippen molar-refractivity contribution >= 4 is 51.9 Å². The second kappa shape index (κ2) is 10.7. The molecule has 1 atom stereocenters. The molecule has 0 unspecified atom stereocenters. The quantitative estimate of drug-likeness (QED) is 0.446. The van der Waals surface area contributed by atoms with Gasteiger partial charge in [0.1, 0.15) is 17.5 Å². The molecular weight excluding hydrogens is 470 g/mol. The molecule has 2 heterocycles. The summed E-state index contributed by atoms with van der Waals surface area (Å²) in [5, 5.41) is 5.28. The zero-order valence-electron chi connectivity index (χ0n) is 18.9. The van der Waals surface area contributed by atoms with Crippen LogP contribution >= 0.6 is 23.6 Å². The predicted octanol–water partition coefficient (Wildman–Crippen LogP) is 4.34. The number of amides is 2. The van der Waals surface area contributed by atoms with Crippen LogP contribution in [0.1, 0.15) is 11.3 Å². The number of methoxy groups -OCH3 is 2. The second-order valence-corrected chi connectivity index (χ2v) is 9.07. The minimum Gasteiger partial charge on any atom is -0.497 e. The van der Waals surface area contributed by atoms with E-state index in [1.54, 1.807) is 74.1 Å². The number of carbonyl (C=O) groups is 2. The molecule has 2 amide bonds. The summed E-state index contributed by atoms with van der Waals surface area (Å²) in [6.45, 7) is 0.540. The van der Waals surface area contributed by atoms with Gasteiger partial charge in [-0.3, -0.25) is 14.5 Å². The van der Waals surface area contributed by atoms with Crippen LogP contribution < -0.4 is 19.7 Å². The summed E-state index contributed by atoms with van der Waals surface area (Å²) in [5.74, 6) is 0.908. The zero-order chi connectivity index (χ0) is 24.1. The molecule has 7 nitrogen and oxygen atoms in total. The highest BCUT2D eigenvalue weighted by Gasteiger charge is 2.43. The van der Waals surface area contributed by atoms with Crippen LogP contribution in [-0.4, -0.2) is 48.6 Å². The molecule has 176 valence electrons. The number of benzene rings is 2. The van der Waals surface area contributed by atoms with E-state index in [0.29, 0.717) is 34.5 Å². The van der Waals surface area contributed by atoms with Gasteiger partial charge in [-0.05, 0) is 78.6 Å². The summed E-state index contributed by atoms with van der Waals surface area (Å²) in [6.07, 6.45) is 0.722. The molecule has 34 heavy (non-hydrogen) atoms. The Morgan fingerprint density at radius 2 is 1.68 bits per heavy atom. The molecular formula is C25H25N3O4S2. The van der Waals surface area contributed by atoms with E-state index in [-0.39, 0.29) is 18.2 Å². The Hall–Kier alpha value is -3.43. The van der Waals surface area contributed by atoms with Crippen molar-refractivity contribution in [1.29, 1.82) is 0 Å². The lowest BCUT2D eigenvalue weighted by Crippen LogP contribution is -2.39. The lowest BCUT2D eigenvalue weighted by atomic mass is 10.1. The summed E-state index contributed by atoms with van der Waals surface area (Å²) in [7, 11) is 3.17. The fraction of sp³-hybridized carbons (Fsp3) is 0.240. The highest BCUT2D eigenvalue weighted by molar-refractivity contribution is 7.80. The Balaban J connectivity index is 1.53. The molecule has 0 spiro atoms. The van der Waals surface area contributed by atoms with Gasteiger partial charge in [0.15, 0.2) is 5.11 Å². The highest BCUT2D eigenvalue weighted by atomic mass is 32.1. The van der Waals surface area contributed by atoms with Gasteiger partial charge in [-0.25, -0.2) is 0 Å². The molecule has 1 aromatic heterocycles. The van der Waals surface area contributed by atoms with Gasteiger partial charge in [0.2, 0.25) is 5.91 Å². The summed E-state index contributed by atoms with van der Waals surface area (Å²) < 4.78 is 10.4. The first-order valence-electron chi connectivity index (χ1n) is 10.7. The standard InChI is InChI=1S/C25H25N3O4S2/c1-31-19-9-5-17(6-10-19)26-23(29)16-22-24(30)28(18-7-11-20(32-2)12-8-18)25(33)27(22)14-13-21-4-3-15-34-21/h3-12,15,22H,13-14,16H2,1-2H3,(H,26,29)/t22-/m1/s1. The first-order valence-corrected chi connectivity index (χ1v) is 12.0. The predicted molar refractivity (Wildman–Crippen MR) is 138 cm³/mol. The van der Waals surface area contributed by atoms with Gasteiger partial charge < -0.3 is 19.7 Å². The number of anilines is 2. The minimum atomic E-state index is -0.687. The van der Waals surface area contributed by atoms with E-state index in [9.17, 15) is 9.59 Å². The number of thiocarbonyl (C=S) groups is 1. The van der Waals surface area contributed by atoms with Gasteiger partial charge in [-0.1, -0.05) is 6.07 Å². The van der Waals surface area contributed by atoms with E-state index in [1.807, 2.05) is 16.3 Å². The van der Waals surface area contributed by atoms with Gasteiger partial charge >= 0.3 is 0 Å². The van der Waals surface area contributed by atoms with Crippen molar-refractivity contribution in [2.24, 2.45) is 0 Å². The topological polar surface area (TPSA) is 71.1 Å². The van der Waals surface area contributed by atoms with Crippen LogP contribution in [0, 0.1) is 0 Å². The monoisotopic (exact) mass is 495 g/mol. The van der Waals surface area contributed by atoms with E-state index in [4.69, 9.17) is 21.7 Å². The van der Waals surface area contributed by atoms with Gasteiger partial charge in [-0.15, -0.1) is 11.3 Å². The average Bonchev–Trinajstić information content (AvgIpc) is 3.45. The Morgan fingerprint density at radius 1 is 1.03 bits per heavy atom. The van der Waals surface area contributed by atoms with E-state index in [2.05, 4.69) is 11.4 Å². The van der Waals surface area contributed by atoms with Crippen LogP contribution in [0.4, 0.5) is 11.4 Å². The number of ether oxygens (including phenoxy) is 2. The van der Waals surface area contributed by atoms with E-state index < -0.39 is 6.04 Å². The third-order valence-corrected chi connectivity index (χ3v) is 6.93. The van der Waals surface area contributed by atoms with Crippen LogP contribution in [0.3, 0.4) is 0 Å². The summed E-state index contributed by atoms with van der Waals surface area (Å²) >= 11 is 7.38. The van der Waals surface area contributed by atoms with Crippen LogP contribution in [-0.2, 0) is 16.0 Å². The molecule has 1 aliphatic heterocycles. The summed E-state index contributed by atoms with van der Waals surface area (Å²) in [5.41, 5.74) is 1.28. The Kier molecular flexibility index (Phi) is 7.44. The third-order valence-electron chi connectivity index (χ3n) is 5.58. The van der Waals surface area contributed by atoms with Crippen LogP contribution in [0.15, 0.2) is 66.0 Å². The lowest BCUT2D eigenvalue weighted by Gasteiger charge is -2.23. The van der Waals surface area contributed by atoms with Crippen LogP contribution in [0.5, 0.6) is 11.5 Å². The van der Waals surface area contributed by atoms with E-state index in [1.165, 1.54) is 9.78 Å². The highest BCUT2D eigenvalue weighted by Crippen LogP contribution is 2.29. The number of nitrogens with one attached hydrogen (secondary N) is 1. The van der Waals surface area contributed by atoms with Crippen molar-refractivity contribution < 1.29 is 19.1 Å². The molecule has 4 rings (SSSR count). The molecule has 1 fully saturated rings. The van der Waals surface area contributed by atoms with Crippen molar-refractivity contribution in [1.82, 2.24) is 4.90 Å². The average molecular weight is 496 g/mol. The molecule has 1 saturated heterocycles. The largest absolute Gasteiger partial charge is 0.497 e. The fourth-order valence-electron chi connectivity index (χ4n) is 3.80. The molecule has 9 heteroatoms. The van der Waals surface area contributed by atoms with Gasteiger partial charge in [0.05, 0.1) is 26.3 Å². The number of rotatable bonds is 9. The molecule has 3 aromatic rings. The molecule has 0 saturated carbocycles. The Bertz CT molecular complexity index is 1150. The van der Waals surface area contributed by atoms with Gasteiger partial charge in [0.25, 0.3) is 5.91 Å². The Labute approximate surface area is 207 Å². The van der Waals surface area contributed by atoms with Crippen molar-refractivity contribution in [2.45, 2.75) is 18.9 Å². The molecule has 0 radical (unpaired) electrons. The molecule has 0 bridgehead atoms. The first kappa shape index (κ1) is 23.7. The van der Waals surface area contributed by atoms with Crippen molar-refractivity contribution in [3.63, 3.8) is 0 Å². The van der Waals surface area contributed by atoms with Gasteiger partial charge in [0, 0.05) is 17.1 Å². The maximum Gasteiger partial charge on any atom is 0.256 e. The molecule has 0 aliphatic carbocycles. The maximum atomic E-state index is 13.5. The molecule has 1 aliphatic rings. The lowest BCUT2D eigenvalue weighted by molar-refractivity contribution is -0.124. The number of nitrogens with zero attached hydrogens (tertiary/aromatic N) is 2. The number of thiophene rings is 1. The Morgan fingerprint density at radius 3 is 2.26 bits per heavy atom. The smallest absolute Gasteiger partial charge is 0.256 e. The maximum absolute atomic E-state index is 13.5. The number of hydrogen-bond donors (Lipinski definition) is 1. The SMILES string of the molecule is COc1ccc(NC(=O)C[C@@H]2C(=O)N(c3ccc(OC)cc3)C(=S)N2CCc2cccs2)cc1. The first-order chi connectivity index (χ1) is 16.5. The van der Waals surface area contributed by atoms with Crippen molar-refractivity contribution in [3.8, 4) is 11.5 Å². The number of hydrogen-bond acceptors (Lipinski definition) is 6.